The lowest BCUT2D eigenvalue weighted by molar-refractivity contribution is -0.139. The summed E-state index contributed by atoms with van der Waals surface area (Å²) in [5.41, 5.74) is 1.79. The molecule has 0 atom stereocenters. The van der Waals surface area contributed by atoms with Gasteiger partial charge in [-0.05, 0) is 36.0 Å². The van der Waals surface area contributed by atoms with Crippen LogP contribution in [0.5, 0.6) is 5.75 Å². The number of ether oxygens (including phenoxy) is 2. The Labute approximate surface area is 107 Å². The van der Waals surface area contributed by atoms with Crippen LogP contribution in [0.3, 0.4) is 0 Å². The van der Waals surface area contributed by atoms with Gasteiger partial charge in [0.15, 0.2) is 0 Å². The highest BCUT2D eigenvalue weighted by Gasteiger charge is 2.19. The number of hydrogen-bond acceptors (Lipinski definition) is 4. The first-order valence-electron chi connectivity index (χ1n) is 6.17. The fourth-order valence-electron chi connectivity index (χ4n) is 2.29. The zero-order chi connectivity index (χ0) is 13.0. The monoisotopic (exact) mass is 250 g/mol. The average molecular weight is 250 g/mol. The van der Waals surface area contributed by atoms with Crippen LogP contribution in [0.25, 0.3) is 0 Å². The molecule has 1 aliphatic heterocycles. The van der Waals surface area contributed by atoms with Crippen molar-refractivity contribution in [3.8, 4) is 5.75 Å². The number of aromatic hydroxyl groups is 1. The molecule has 1 saturated heterocycles. The van der Waals surface area contributed by atoms with Crippen molar-refractivity contribution in [2.24, 2.45) is 0 Å². The molecule has 1 fully saturated rings. The van der Waals surface area contributed by atoms with Crippen molar-refractivity contribution in [1.82, 2.24) is 0 Å². The van der Waals surface area contributed by atoms with E-state index in [9.17, 15) is 9.90 Å². The minimum Gasteiger partial charge on any atom is -0.508 e. The molecule has 1 aromatic rings. The van der Waals surface area contributed by atoms with E-state index in [-0.39, 0.29) is 12.4 Å². The van der Waals surface area contributed by atoms with Gasteiger partial charge in [-0.1, -0.05) is 12.1 Å². The van der Waals surface area contributed by atoms with Gasteiger partial charge in [0.05, 0.1) is 13.5 Å². The van der Waals surface area contributed by atoms with Crippen molar-refractivity contribution in [1.29, 1.82) is 0 Å². The normalized spacial score (nSPS) is 16.5. The average Bonchev–Trinajstić information content (AvgIpc) is 2.42. The summed E-state index contributed by atoms with van der Waals surface area (Å²) in [4.78, 5) is 11.2. The summed E-state index contributed by atoms with van der Waals surface area (Å²) < 4.78 is 9.97. The minimum atomic E-state index is -0.265. The number of carbonyl (C=O) groups is 1. The Bertz CT molecular complexity index is 422. The largest absolute Gasteiger partial charge is 0.508 e. The maximum atomic E-state index is 11.2. The van der Waals surface area contributed by atoms with Crippen molar-refractivity contribution in [2.45, 2.75) is 25.2 Å². The van der Waals surface area contributed by atoms with Crippen LogP contribution in [-0.2, 0) is 20.7 Å². The summed E-state index contributed by atoms with van der Waals surface area (Å²) in [5, 5.41) is 9.92. The van der Waals surface area contributed by atoms with Crippen molar-refractivity contribution in [2.75, 3.05) is 20.3 Å². The number of methoxy groups -OCH3 is 1. The smallest absolute Gasteiger partial charge is 0.309 e. The van der Waals surface area contributed by atoms with Gasteiger partial charge >= 0.3 is 5.97 Å². The first-order valence-corrected chi connectivity index (χ1v) is 6.17. The van der Waals surface area contributed by atoms with E-state index in [0.29, 0.717) is 11.7 Å². The van der Waals surface area contributed by atoms with Crippen LogP contribution < -0.4 is 0 Å². The first-order chi connectivity index (χ1) is 8.70. The molecule has 2 rings (SSSR count). The molecule has 1 aliphatic rings. The highest BCUT2D eigenvalue weighted by Crippen LogP contribution is 2.33. The van der Waals surface area contributed by atoms with Crippen LogP contribution in [0.4, 0.5) is 0 Å². The maximum absolute atomic E-state index is 11.2. The Morgan fingerprint density at radius 2 is 2.17 bits per heavy atom. The number of hydrogen-bond donors (Lipinski definition) is 1. The molecule has 0 aromatic heterocycles. The Kier molecular flexibility index (Phi) is 4.20. The van der Waals surface area contributed by atoms with Gasteiger partial charge in [0, 0.05) is 13.2 Å². The quantitative estimate of drug-likeness (QED) is 0.834. The molecule has 1 N–H and O–H groups in total. The van der Waals surface area contributed by atoms with Crippen LogP contribution in [0.1, 0.15) is 29.9 Å². The van der Waals surface area contributed by atoms with Gasteiger partial charge in [-0.3, -0.25) is 4.79 Å². The fourth-order valence-corrected chi connectivity index (χ4v) is 2.29. The van der Waals surface area contributed by atoms with Crippen molar-refractivity contribution in [3.63, 3.8) is 0 Å². The van der Waals surface area contributed by atoms with Gasteiger partial charge < -0.3 is 14.6 Å². The first kappa shape index (κ1) is 12.9. The molecule has 98 valence electrons. The number of benzene rings is 1. The van der Waals surface area contributed by atoms with Gasteiger partial charge in [0.2, 0.25) is 0 Å². The number of carbonyl (C=O) groups excluding carboxylic acids is 1. The molecule has 1 aromatic carbocycles. The van der Waals surface area contributed by atoms with E-state index >= 15 is 0 Å². The lowest BCUT2D eigenvalue weighted by Gasteiger charge is -2.23. The van der Waals surface area contributed by atoms with Gasteiger partial charge in [0.25, 0.3) is 0 Å². The molecule has 0 unspecified atom stereocenters. The van der Waals surface area contributed by atoms with Gasteiger partial charge in [-0.25, -0.2) is 0 Å². The Morgan fingerprint density at radius 3 is 2.83 bits per heavy atom. The zero-order valence-corrected chi connectivity index (χ0v) is 10.5. The summed E-state index contributed by atoms with van der Waals surface area (Å²) in [6.45, 7) is 1.46. The second-order valence-corrected chi connectivity index (χ2v) is 4.53. The molecule has 0 spiro atoms. The van der Waals surface area contributed by atoms with Crippen molar-refractivity contribution in [3.05, 3.63) is 29.3 Å². The molecular formula is C14H18O4. The summed E-state index contributed by atoms with van der Waals surface area (Å²) in [5.74, 6) is 0.352. The van der Waals surface area contributed by atoms with E-state index < -0.39 is 0 Å². The summed E-state index contributed by atoms with van der Waals surface area (Å²) in [6.07, 6.45) is 2.07. The van der Waals surface area contributed by atoms with Crippen LogP contribution in [0.2, 0.25) is 0 Å². The van der Waals surface area contributed by atoms with Crippen LogP contribution in [-0.4, -0.2) is 31.4 Å². The fraction of sp³-hybridized carbons (Fsp3) is 0.500. The van der Waals surface area contributed by atoms with E-state index in [1.807, 2.05) is 6.07 Å². The van der Waals surface area contributed by atoms with Gasteiger partial charge in [-0.15, -0.1) is 0 Å². The van der Waals surface area contributed by atoms with Gasteiger partial charge in [0.1, 0.15) is 5.75 Å². The second-order valence-electron chi connectivity index (χ2n) is 4.53. The van der Waals surface area contributed by atoms with E-state index in [2.05, 4.69) is 4.74 Å². The lowest BCUT2D eigenvalue weighted by Crippen LogP contribution is -2.14. The number of phenols is 1. The molecule has 4 nitrogen and oxygen atoms in total. The third kappa shape index (κ3) is 3.01. The molecule has 4 heteroatoms. The zero-order valence-electron chi connectivity index (χ0n) is 10.5. The molecule has 0 radical (unpaired) electrons. The molecule has 18 heavy (non-hydrogen) atoms. The van der Waals surface area contributed by atoms with E-state index in [0.717, 1.165) is 37.2 Å². The van der Waals surface area contributed by atoms with E-state index in [4.69, 9.17) is 4.74 Å². The van der Waals surface area contributed by atoms with E-state index in [1.165, 1.54) is 7.11 Å². The maximum Gasteiger partial charge on any atom is 0.309 e. The predicted octanol–water partition coefficient (Wildman–Crippen LogP) is 2.00. The van der Waals surface area contributed by atoms with Crippen LogP contribution >= 0.6 is 0 Å². The third-order valence-corrected chi connectivity index (χ3v) is 3.33. The third-order valence-electron chi connectivity index (χ3n) is 3.33. The minimum absolute atomic E-state index is 0.243. The van der Waals surface area contributed by atoms with Crippen molar-refractivity contribution < 1.29 is 19.4 Å². The number of esters is 1. The molecule has 1 heterocycles. The molecule has 0 amide bonds. The van der Waals surface area contributed by atoms with Crippen LogP contribution in [0, 0.1) is 0 Å². The number of rotatable bonds is 3. The summed E-state index contributed by atoms with van der Waals surface area (Å²) >= 11 is 0. The Morgan fingerprint density at radius 1 is 1.44 bits per heavy atom. The molecule has 0 bridgehead atoms. The standard InChI is InChI=1S/C14H18O4/c1-17-14(16)9-10-2-3-13(15)12(8-10)11-4-6-18-7-5-11/h2-3,8,11,15H,4-7,9H2,1H3. The molecular weight excluding hydrogens is 232 g/mol. The topological polar surface area (TPSA) is 55.8 Å². The van der Waals surface area contributed by atoms with E-state index in [1.54, 1.807) is 12.1 Å². The van der Waals surface area contributed by atoms with Crippen molar-refractivity contribution >= 4 is 5.97 Å². The molecule has 0 saturated carbocycles. The molecule has 0 aliphatic carbocycles. The Balaban J connectivity index is 2.17. The van der Waals surface area contributed by atoms with Gasteiger partial charge in [-0.2, -0.15) is 0 Å². The Hall–Kier alpha value is -1.55. The van der Waals surface area contributed by atoms with Crippen LogP contribution in [0.15, 0.2) is 18.2 Å². The highest BCUT2D eigenvalue weighted by atomic mass is 16.5. The predicted molar refractivity (Wildman–Crippen MR) is 66.6 cm³/mol. The summed E-state index contributed by atoms with van der Waals surface area (Å²) in [7, 11) is 1.38. The second kappa shape index (κ2) is 5.87. The highest BCUT2D eigenvalue weighted by molar-refractivity contribution is 5.72. The number of phenolic OH excluding ortho intramolecular Hbond substituents is 1. The lowest BCUT2D eigenvalue weighted by atomic mass is 9.89. The summed E-state index contributed by atoms with van der Waals surface area (Å²) in [6, 6.07) is 5.32. The SMILES string of the molecule is COC(=O)Cc1ccc(O)c(C2CCOCC2)c1.